The number of imidazole rings is 1. The zero-order chi connectivity index (χ0) is 16.5. The van der Waals surface area contributed by atoms with Crippen molar-refractivity contribution in [2.75, 3.05) is 31.1 Å². The van der Waals surface area contributed by atoms with E-state index in [1.165, 1.54) is 12.1 Å². The zero-order valence-electron chi connectivity index (χ0n) is 13.1. The monoisotopic (exact) mass is 329 g/mol. The van der Waals surface area contributed by atoms with Crippen LogP contribution >= 0.6 is 0 Å². The number of rotatable bonds is 3. The largest absolute Gasteiger partial charge is 0.351 e. The topological polar surface area (TPSA) is 36.7 Å². The summed E-state index contributed by atoms with van der Waals surface area (Å²) in [5.74, 6) is -0.184. The summed E-state index contributed by atoms with van der Waals surface area (Å²) in [5, 5.41) is 0. The van der Waals surface area contributed by atoms with Gasteiger partial charge in [0.25, 0.3) is 0 Å². The van der Waals surface area contributed by atoms with E-state index in [-0.39, 0.29) is 0 Å². The van der Waals surface area contributed by atoms with Crippen LogP contribution in [0.4, 0.5) is 14.6 Å². The summed E-state index contributed by atoms with van der Waals surface area (Å²) >= 11 is 0. The summed E-state index contributed by atoms with van der Waals surface area (Å²) in [4.78, 5) is 13.2. The summed E-state index contributed by atoms with van der Waals surface area (Å²) in [6, 6.07) is 3.68. The summed E-state index contributed by atoms with van der Waals surface area (Å²) in [5.41, 5.74) is 1.51. The van der Waals surface area contributed by atoms with Crippen molar-refractivity contribution in [1.82, 2.24) is 19.3 Å². The molecule has 0 unspecified atom stereocenters. The van der Waals surface area contributed by atoms with Gasteiger partial charge in [0.2, 0.25) is 0 Å². The normalized spacial score (nSPS) is 16.0. The first-order valence-corrected chi connectivity index (χ1v) is 7.89. The lowest BCUT2D eigenvalue weighted by Crippen LogP contribution is -2.46. The number of aromatic nitrogens is 3. The van der Waals surface area contributed by atoms with Crippen LogP contribution in [-0.4, -0.2) is 45.4 Å². The summed E-state index contributed by atoms with van der Waals surface area (Å²) < 4.78 is 28.5. The smallest absolute Gasteiger partial charge is 0.180 e. The minimum Gasteiger partial charge on any atom is -0.351 e. The number of hydrogen-bond acceptors (Lipinski definition) is 4. The average Bonchev–Trinajstić information content (AvgIpc) is 3.03. The van der Waals surface area contributed by atoms with Gasteiger partial charge >= 0.3 is 0 Å². The lowest BCUT2D eigenvalue weighted by Gasteiger charge is -2.35. The molecule has 4 rings (SSSR count). The van der Waals surface area contributed by atoms with E-state index in [0.29, 0.717) is 12.1 Å². The molecular weight excluding hydrogens is 312 g/mol. The van der Waals surface area contributed by atoms with Crippen LogP contribution in [0, 0.1) is 11.6 Å². The SMILES string of the molecule is Fc1cc(F)cc(CN2CCN(c3nccn4ccnc34)CC2)c1. The summed E-state index contributed by atoms with van der Waals surface area (Å²) in [6.07, 6.45) is 7.30. The Kier molecular flexibility index (Phi) is 3.86. The van der Waals surface area contributed by atoms with E-state index in [0.717, 1.165) is 43.7 Å². The van der Waals surface area contributed by atoms with E-state index >= 15 is 0 Å². The highest BCUT2D eigenvalue weighted by molar-refractivity contribution is 5.64. The van der Waals surface area contributed by atoms with Gasteiger partial charge in [-0.2, -0.15) is 0 Å². The van der Waals surface area contributed by atoms with E-state index in [1.807, 2.05) is 16.8 Å². The van der Waals surface area contributed by atoms with Crippen molar-refractivity contribution in [1.29, 1.82) is 0 Å². The number of halogens is 2. The van der Waals surface area contributed by atoms with Gasteiger partial charge < -0.3 is 9.30 Å². The van der Waals surface area contributed by atoms with Crippen LogP contribution in [0.3, 0.4) is 0 Å². The van der Waals surface area contributed by atoms with Crippen molar-refractivity contribution < 1.29 is 8.78 Å². The molecule has 1 saturated heterocycles. The number of benzene rings is 1. The molecule has 0 spiro atoms. The van der Waals surface area contributed by atoms with Gasteiger partial charge in [0, 0.05) is 63.6 Å². The van der Waals surface area contributed by atoms with Crippen molar-refractivity contribution >= 4 is 11.5 Å². The fourth-order valence-electron chi connectivity index (χ4n) is 3.14. The molecule has 3 aromatic rings. The Hall–Kier alpha value is -2.54. The molecule has 0 bridgehead atoms. The minimum atomic E-state index is -0.529. The Morgan fingerprint density at radius 3 is 2.25 bits per heavy atom. The number of piperazine rings is 1. The van der Waals surface area contributed by atoms with Gasteiger partial charge in [-0.1, -0.05) is 0 Å². The Morgan fingerprint density at radius 1 is 0.875 bits per heavy atom. The third-order valence-corrected chi connectivity index (χ3v) is 4.29. The molecule has 1 aromatic carbocycles. The maximum Gasteiger partial charge on any atom is 0.180 e. The lowest BCUT2D eigenvalue weighted by atomic mass is 10.2. The third-order valence-electron chi connectivity index (χ3n) is 4.29. The first kappa shape index (κ1) is 15.0. The van der Waals surface area contributed by atoms with Gasteiger partial charge in [-0.15, -0.1) is 0 Å². The summed E-state index contributed by atoms with van der Waals surface area (Å²) in [7, 11) is 0. The molecule has 5 nitrogen and oxygen atoms in total. The fraction of sp³-hybridized carbons (Fsp3) is 0.294. The standard InChI is InChI=1S/C17H17F2N5/c18-14-9-13(10-15(19)11-14)12-22-5-7-24(8-6-22)17-16-20-1-3-23(16)4-2-21-17/h1-4,9-11H,5-8,12H2. The van der Waals surface area contributed by atoms with Crippen molar-refractivity contribution in [2.24, 2.45) is 0 Å². The zero-order valence-corrected chi connectivity index (χ0v) is 13.1. The molecule has 1 aliphatic heterocycles. The fourth-order valence-corrected chi connectivity index (χ4v) is 3.14. The predicted octanol–water partition coefficient (Wildman–Crippen LogP) is 2.33. The molecule has 124 valence electrons. The third kappa shape index (κ3) is 2.94. The number of anilines is 1. The summed E-state index contributed by atoms with van der Waals surface area (Å²) in [6.45, 7) is 3.77. The molecule has 1 aliphatic rings. The predicted molar refractivity (Wildman–Crippen MR) is 86.8 cm³/mol. The lowest BCUT2D eigenvalue weighted by molar-refractivity contribution is 0.249. The van der Waals surface area contributed by atoms with Gasteiger partial charge in [-0.25, -0.2) is 18.7 Å². The molecule has 0 saturated carbocycles. The Morgan fingerprint density at radius 2 is 1.54 bits per heavy atom. The van der Waals surface area contributed by atoms with Gasteiger partial charge in [0.05, 0.1) is 0 Å². The quantitative estimate of drug-likeness (QED) is 0.739. The van der Waals surface area contributed by atoms with Crippen molar-refractivity contribution in [3.8, 4) is 0 Å². The highest BCUT2D eigenvalue weighted by Gasteiger charge is 2.20. The minimum absolute atomic E-state index is 0.529. The molecule has 1 fully saturated rings. The van der Waals surface area contributed by atoms with Crippen LogP contribution in [-0.2, 0) is 6.54 Å². The van der Waals surface area contributed by atoms with E-state index < -0.39 is 11.6 Å². The molecule has 2 aromatic heterocycles. The maximum atomic E-state index is 13.3. The Labute approximate surface area is 138 Å². The average molecular weight is 329 g/mol. The van der Waals surface area contributed by atoms with Crippen LogP contribution in [0.1, 0.15) is 5.56 Å². The van der Waals surface area contributed by atoms with Crippen LogP contribution < -0.4 is 4.90 Å². The molecule has 0 aliphatic carbocycles. The maximum absolute atomic E-state index is 13.3. The van der Waals surface area contributed by atoms with Crippen molar-refractivity contribution in [3.63, 3.8) is 0 Å². The second-order valence-corrected chi connectivity index (χ2v) is 5.95. The van der Waals surface area contributed by atoms with E-state index in [2.05, 4.69) is 19.8 Å². The van der Waals surface area contributed by atoms with Crippen LogP contribution in [0.5, 0.6) is 0 Å². The second kappa shape index (κ2) is 6.16. The molecular formula is C17H17F2N5. The van der Waals surface area contributed by atoms with Gasteiger partial charge in [-0.05, 0) is 17.7 Å². The molecule has 24 heavy (non-hydrogen) atoms. The Bertz CT molecular complexity index is 835. The molecule has 0 N–H and O–H groups in total. The van der Waals surface area contributed by atoms with Crippen LogP contribution in [0.25, 0.3) is 5.65 Å². The van der Waals surface area contributed by atoms with E-state index in [1.54, 1.807) is 12.4 Å². The van der Waals surface area contributed by atoms with E-state index in [9.17, 15) is 8.78 Å². The number of nitrogens with zero attached hydrogens (tertiary/aromatic N) is 5. The second-order valence-electron chi connectivity index (χ2n) is 5.95. The van der Waals surface area contributed by atoms with Crippen LogP contribution in [0.15, 0.2) is 43.0 Å². The first-order chi connectivity index (χ1) is 11.7. The highest BCUT2D eigenvalue weighted by atomic mass is 19.1. The van der Waals surface area contributed by atoms with Crippen molar-refractivity contribution in [3.05, 3.63) is 60.2 Å². The number of hydrogen-bond donors (Lipinski definition) is 0. The number of fused-ring (bicyclic) bond motifs is 1. The Balaban J connectivity index is 1.44. The van der Waals surface area contributed by atoms with Gasteiger partial charge in [-0.3, -0.25) is 4.90 Å². The highest BCUT2D eigenvalue weighted by Crippen LogP contribution is 2.19. The molecule has 7 heteroatoms. The van der Waals surface area contributed by atoms with E-state index in [4.69, 9.17) is 0 Å². The first-order valence-electron chi connectivity index (χ1n) is 7.89. The van der Waals surface area contributed by atoms with Gasteiger partial charge in [0.15, 0.2) is 11.5 Å². The molecule has 0 radical (unpaired) electrons. The van der Waals surface area contributed by atoms with Crippen LogP contribution in [0.2, 0.25) is 0 Å². The van der Waals surface area contributed by atoms with Gasteiger partial charge in [0.1, 0.15) is 11.6 Å². The molecule has 0 atom stereocenters. The molecule has 0 amide bonds. The van der Waals surface area contributed by atoms with Crippen molar-refractivity contribution in [2.45, 2.75) is 6.54 Å². The molecule has 3 heterocycles.